The van der Waals surface area contributed by atoms with Crippen LogP contribution in [-0.2, 0) is 11.3 Å². The van der Waals surface area contributed by atoms with Crippen molar-refractivity contribution in [3.05, 3.63) is 29.8 Å². The van der Waals surface area contributed by atoms with Gasteiger partial charge in [-0.25, -0.2) is 9.59 Å². The van der Waals surface area contributed by atoms with E-state index in [4.69, 9.17) is 4.74 Å². The topological polar surface area (TPSA) is 70.7 Å². The van der Waals surface area contributed by atoms with Crippen LogP contribution in [0.4, 0.5) is 15.3 Å². The molecule has 2 fully saturated rings. The van der Waals surface area contributed by atoms with E-state index in [0.717, 1.165) is 30.0 Å². The molecule has 1 aromatic rings. The maximum absolute atomic E-state index is 12.2. The Morgan fingerprint density at radius 1 is 1.29 bits per heavy atom. The van der Waals surface area contributed by atoms with Gasteiger partial charge in [-0.05, 0) is 49.3 Å². The minimum Gasteiger partial charge on any atom is -0.448 e. The first kappa shape index (κ1) is 16.6. The SMILES string of the molecule is CC1CCC(NC(=O)Nc2cccc(CN3CCOC3=O)c2)CC1. The molecule has 3 amide bonds. The lowest BCUT2D eigenvalue weighted by Gasteiger charge is -2.27. The number of nitrogens with one attached hydrogen (secondary N) is 2. The minimum absolute atomic E-state index is 0.160. The van der Waals surface area contributed by atoms with E-state index in [1.165, 1.54) is 12.8 Å². The summed E-state index contributed by atoms with van der Waals surface area (Å²) in [4.78, 5) is 25.3. The van der Waals surface area contributed by atoms with Gasteiger partial charge in [0, 0.05) is 18.3 Å². The highest BCUT2D eigenvalue weighted by Gasteiger charge is 2.22. The lowest BCUT2D eigenvalue weighted by molar-refractivity contribution is 0.157. The number of ether oxygens (including phenoxy) is 1. The molecule has 1 saturated heterocycles. The van der Waals surface area contributed by atoms with Crippen molar-refractivity contribution in [1.82, 2.24) is 10.2 Å². The predicted molar refractivity (Wildman–Crippen MR) is 91.8 cm³/mol. The van der Waals surface area contributed by atoms with Crippen molar-refractivity contribution < 1.29 is 14.3 Å². The fraction of sp³-hybridized carbons (Fsp3) is 0.556. The van der Waals surface area contributed by atoms with Gasteiger partial charge < -0.3 is 20.3 Å². The molecular formula is C18H25N3O3. The van der Waals surface area contributed by atoms with Gasteiger partial charge in [-0.15, -0.1) is 0 Å². The molecule has 1 aliphatic carbocycles. The molecule has 1 aliphatic heterocycles. The third-order valence-corrected chi connectivity index (χ3v) is 4.75. The number of benzene rings is 1. The van der Waals surface area contributed by atoms with Gasteiger partial charge >= 0.3 is 12.1 Å². The maximum Gasteiger partial charge on any atom is 0.410 e. The first-order valence-electron chi connectivity index (χ1n) is 8.68. The van der Waals surface area contributed by atoms with Crippen LogP contribution in [0, 0.1) is 5.92 Å². The smallest absolute Gasteiger partial charge is 0.410 e. The van der Waals surface area contributed by atoms with Gasteiger partial charge in [-0.1, -0.05) is 19.1 Å². The van der Waals surface area contributed by atoms with E-state index in [9.17, 15) is 9.59 Å². The van der Waals surface area contributed by atoms with Crippen molar-refractivity contribution in [3.63, 3.8) is 0 Å². The number of hydrogen-bond acceptors (Lipinski definition) is 3. The van der Waals surface area contributed by atoms with E-state index in [0.29, 0.717) is 19.7 Å². The van der Waals surface area contributed by atoms with Gasteiger partial charge in [0.25, 0.3) is 0 Å². The average Bonchev–Trinajstić information content (AvgIpc) is 2.95. The summed E-state index contributed by atoms with van der Waals surface area (Å²) < 4.78 is 4.93. The molecule has 0 aromatic heterocycles. The second kappa shape index (κ2) is 7.55. The van der Waals surface area contributed by atoms with Gasteiger partial charge in [0.1, 0.15) is 6.61 Å². The number of hydrogen-bond donors (Lipinski definition) is 2. The molecule has 2 N–H and O–H groups in total. The van der Waals surface area contributed by atoms with Crippen LogP contribution in [0.3, 0.4) is 0 Å². The summed E-state index contributed by atoms with van der Waals surface area (Å²) in [5.41, 5.74) is 1.71. The molecule has 0 spiro atoms. The van der Waals surface area contributed by atoms with Gasteiger partial charge in [-0.3, -0.25) is 0 Å². The third kappa shape index (κ3) is 4.40. The lowest BCUT2D eigenvalue weighted by atomic mass is 9.87. The zero-order valence-corrected chi connectivity index (χ0v) is 14.1. The summed E-state index contributed by atoms with van der Waals surface area (Å²) in [5, 5.41) is 5.95. The molecule has 1 saturated carbocycles. The zero-order chi connectivity index (χ0) is 16.9. The van der Waals surface area contributed by atoms with Crippen LogP contribution in [0.25, 0.3) is 0 Å². The van der Waals surface area contributed by atoms with Crippen molar-refractivity contribution in [2.45, 2.75) is 45.2 Å². The fourth-order valence-corrected chi connectivity index (χ4v) is 3.29. The van der Waals surface area contributed by atoms with E-state index < -0.39 is 0 Å². The highest BCUT2D eigenvalue weighted by molar-refractivity contribution is 5.89. The standard InChI is InChI=1S/C18H25N3O3/c1-13-5-7-15(8-6-13)19-17(22)20-16-4-2-3-14(11-16)12-21-9-10-24-18(21)23/h2-4,11,13,15H,5-10,12H2,1H3,(H2,19,20,22). The molecule has 24 heavy (non-hydrogen) atoms. The highest BCUT2D eigenvalue weighted by Crippen LogP contribution is 2.23. The molecule has 0 radical (unpaired) electrons. The largest absolute Gasteiger partial charge is 0.448 e. The van der Waals surface area contributed by atoms with Crippen molar-refractivity contribution in [3.8, 4) is 0 Å². The molecule has 1 aromatic carbocycles. The molecule has 6 heteroatoms. The molecule has 3 rings (SSSR count). The van der Waals surface area contributed by atoms with Crippen LogP contribution >= 0.6 is 0 Å². The number of carbonyl (C=O) groups is 2. The van der Waals surface area contributed by atoms with Crippen LogP contribution in [0.1, 0.15) is 38.2 Å². The van der Waals surface area contributed by atoms with Gasteiger partial charge in [0.15, 0.2) is 0 Å². The van der Waals surface area contributed by atoms with E-state index in [2.05, 4.69) is 17.6 Å². The van der Waals surface area contributed by atoms with Gasteiger partial charge in [0.2, 0.25) is 0 Å². The number of amides is 3. The van der Waals surface area contributed by atoms with E-state index in [1.807, 2.05) is 24.3 Å². The molecular weight excluding hydrogens is 306 g/mol. The van der Waals surface area contributed by atoms with Crippen molar-refractivity contribution in [2.75, 3.05) is 18.5 Å². The Bertz CT molecular complexity index is 597. The monoisotopic (exact) mass is 331 g/mol. The van der Waals surface area contributed by atoms with Crippen molar-refractivity contribution >= 4 is 17.8 Å². The Morgan fingerprint density at radius 2 is 2.08 bits per heavy atom. The fourth-order valence-electron chi connectivity index (χ4n) is 3.29. The molecule has 0 unspecified atom stereocenters. The lowest BCUT2D eigenvalue weighted by Crippen LogP contribution is -2.39. The third-order valence-electron chi connectivity index (χ3n) is 4.75. The zero-order valence-electron chi connectivity index (χ0n) is 14.1. The molecule has 2 aliphatic rings. The van der Waals surface area contributed by atoms with E-state index in [1.54, 1.807) is 4.90 Å². The maximum atomic E-state index is 12.2. The second-order valence-electron chi connectivity index (χ2n) is 6.79. The Hall–Kier alpha value is -2.24. The minimum atomic E-state index is -0.280. The molecule has 130 valence electrons. The molecule has 0 bridgehead atoms. The van der Waals surface area contributed by atoms with Crippen LogP contribution in [0.15, 0.2) is 24.3 Å². The van der Waals surface area contributed by atoms with Gasteiger partial charge in [-0.2, -0.15) is 0 Å². The van der Waals surface area contributed by atoms with E-state index >= 15 is 0 Å². The Kier molecular flexibility index (Phi) is 5.23. The quantitative estimate of drug-likeness (QED) is 0.889. The number of anilines is 1. The van der Waals surface area contributed by atoms with Crippen LogP contribution < -0.4 is 10.6 Å². The van der Waals surface area contributed by atoms with E-state index in [-0.39, 0.29) is 18.2 Å². The predicted octanol–water partition coefficient (Wildman–Crippen LogP) is 3.34. The average molecular weight is 331 g/mol. The van der Waals surface area contributed by atoms with Crippen LogP contribution in [0.5, 0.6) is 0 Å². The summed E-state index contributed by atoms with van der Waals surface area (Å²) in [6.45, 7) is 3.81. The normalized spacial score (nSPS) is 23.7. The number of cyclic esters (lactones) is 1. The molecule has 6 nitrogen and oxygen atoms in total. The summed E-state index contributed by atoms with van der Waals surface area (Å²) in [6.07, 6.45) is 4.16. The Morgan fingerprint density at radius 3 is 2.79 bits per heavy atom. The first-order chi connectivity index (χ1) is 11.6. The number of rotatable bonds is 4. The first-order valence-corrected chi connectivity index (χ1v) is 8.68. The number of nitrogens with zero attached hydrogens (tertiary/aromatic N) is 1. The Balaban J connectivity index is 1.52. The van der Waals surface area contributed by atoms with Crippen LogP contribution in [0.2, 0.25) is 0 Å². The Labute approximate surface area is 142 Å². The van der Waals surface area contributed by atoms with Crippen molar-refractivity contribution in [1.29, 1.82) is 0 Å². The van der Waals surface area contributed by atoms with Crippen molar-refractivity contribution in [2.24, 2.45) is 5.92 Å². The summed E-state index contributed by atoms with van der Waals surface area (Å²) in [7, 11) is 0. The summed E-state index contributed by atoms with van der Waals surface area (Å²) in [5.74, 6) is 0.764. The molecule has 0 atom stereocenters. The summed E-state index contributed by atoms with van der Waals surface area (Å²) in [6, 6.07) is 7.69. The van der Waals surface area contributed by atoms with Gasteiger partial charge in [0.05, 0.1) is 6.54 Å². The number of carbonyl (C=O) groups excluding carboxylic acids is 2. The number of urea groups is 1. The second-order valence-corrected chi connectivity index (χ2v) is 6.79. The summed E-state index contributed by atoms with van der Waals surface area (Å²) >= 11 is 0. The molecule has 1 heterocycles. The highest BCUT2D eigenvalue weighted by atomic mass is 16.6. The van der Waals surface area contributed by atoms with Crippen LogP contribution in [-0.4, -0.2) is 36.2 Å².